The Kier molecular flexibility index (Phi) is 30.1. The average molecular weight is 1840 g/mol. The van der Waals surface area contributed by atoms with Crippen LogP contribution < -0.4 is 40.7 Å². The van der Waals surface area contributed by atoms with Crippen molar-refractivity contribution in [2.24, 2.45) is 0 Å². The van der Waals surface area contributed by atoms with Crippen LogP contribution in [0.2, 0.25) is 0 Å². The van der Waals surface area contributed by atoms with Gasteiger partial charge in [-0.15, -0.1) is 15.3 Å². The van der Waals surface area contributed by atoms with Gasteiger partial charge in [0.15, 0.2) is 33.5 Å². The molecule has 9 aromatic carbocycles. The van der Waals surface area contributed by atoms with Gasteiger partial charge in [-0.05, 0) is 176 Å². The number of aromatic nitrogens is 15. The van der Waals surface area contributed by atoms with Crippen molar-refractivity contribution in [3.05, 3.63) is 277 Å². The first-order chi connectivity index (χ1) is 65.5. The third-order valence-corrected chi connectivity index (χ3v) is 28.4. The molecule has 4 aliphatic rings. The number of hydrogen-bond acceptors (Lipinski definition) is 27. The zero-order chi connectivity index (χ0) is 92.2. The van der Waals surface area contributed by atoms with E-state index in [-0.39, 0.29) is 27.7 Å². The van der Waals surface area contributed by atoms with Crippen molar-refractivity contribution in [1.29, 1.82) is 0 Å². The van der Waals surface area contributed by atoms with Gasteiger partial charge in [0.2, 0.25) is 37.9 Å². The normalized spacial score (nSPS) is 15.0. The lowest BCUT2D eigenvalue weighted by molar-refractivity contribution is 0.0948. The molecule has 0 bridgehead atoms. The predicted octanol–water partition coefficient (Wildman–Crippen LogP) is 13.9. The lowest BCUT2D eigenvalue weighted by atomic mass is 9.96. The number of nitrogens with one attached hydrogen (secondary N) is 5. The van der Waals surface area contributed by atoms with Crippen LogP contribution in [0.3, 0.4) is 0 Å². The Labute approximate surface area is 781 Å². The lowest BCUT2D eigenvalue weighted by Crippen LogP contribution is -2.45. The molecule has 1 aliphatic carbocycles. The zero-order valence-corrected chi connectivity index (χ0v) is 77.7. The molecule has 35 heteroatoms. The minimum Gasteiger partial charge on any atom is -0.369 e. The highest BCUT2D eigenvalue weighted by molar-refractivity contribution is 7.89. The minimum absolute atomic E-state index is 0.00969. The second-order valence-corrected chi connectivity index (χ2v) is 37.6. The van der Waals surface area contributed by atoms with Crippen LogP contribution in [0, 0.1) is 0 Å². The number of sulfonamides is 2. The van der Waals surface area contributed by atoms with Crippen LogP contribution in [0.5, 0.6) is 0 Å². The van der Waals surface area contributed by atoms with E-state index in [2.05, 4.69) is 265 Å². The highest BCUT2D eigenvalue weighted by atomic mass is 32.2. The molecule has 692 valence electrons. The maximum Gasteiger partial charge on any atom is 0.251 e. The Morgan fingerprint density at radius 1 is 0.418 bits per heavy atom. The summed E-state index contributed by atoms with van der Waals surface area (Å²) in [5, 5.41) is 38.3. The molecular formula is C99H114N28O5S2. The van der Waals surface area contributed by atoms with Gasteiger partial charge >= 0.3 is 0 Å². The third kappa shape index (κ3) is 23.1. The van der Waals surface area contributed by atoms with E-state index in [4.69, 9.17) is 9.97 Å². The number of anilines is 9. The Morgan fingerprint density at radius 2 is 0.821 bits per heavy atom. The first-order valence-electron chi connectivity index (χ1n) is 46.2. The summed E-state index contributed by atoms with van der Waals surface area (Å²) in [5.41, 5.74) is 15.8. The van der Waals surface area contributed by atoms with Gasteiger partial charge in [0.1, 0.15) is 4.90 Å². The molecule has 134 heavy (non-hydrogen) atoms. The molecule has 0 unspecified atom stereocenters. The summed E-state index contributed by atoms with van der Waals surface area (Å²) in [5.74, 6) is 0.943. The van der Waals surface area contributed by atoms with Crippen LogP contribution in [0.4, 0.5) is 52.0 Å². The number of amides is 1. The average Bonchev–Trinajstić information content (AvgIpc) is 1.13. The van der Waals surface area contributed by atoms with E-state index in [1.807, 2.05) is 43.3 Å². The zero-order valence-electron chi connectivity index (χ0n) is 76.1. The molecule has 1 saturated carbocycles. The monoisotopic (exact) mass is 1840 g/mol. The molecule has 0 radical (unpaired) electrons. The number of para-hydroxylation sites is 1. The number of rotatable bonds is 32. The van der Waals surface area contributed by atoms with Gasteiger partial charge in [-0.1, -0.05) is 171 Å². The largest absolute Gasteiger partial charge is 0.369 e. The molecule has 15 aromatic rings. The van der Waals surface area contributed by atoms with Crippen molar-refractivity contribution >= 4 is 111 Å². The third-order valence-electron chi connectivity index (χ3n) is 24.9. The van der Waals surface area contributed by atoms with Gasteiger partial charge in [-0.3, -0.25) is 19.5 Å². The van der Waals surface area contributed by atoms with Crippen LogP contribution in [0.1, 0.15) is 92.8 Å². The van der Waals surface area contributed by atoms with Crippen LogP contribution in [-0.2, 0) is 39.7 Å². The van der Waals surface area contributed by atoms with E-state index < -0.39 is 20.0 Å². The molecule has 6 aromatic heterocycles. The summed E-state index contributed by atoms with van der Waals surface area (Å²) in [6.45, 7) is 25.0. The van der Waals surface area contributed by atoms with Gasteiger partial charge in [-0.2, -0.15) is 33.3 Å². The SMILES string of the molecule is CCCCNS(=O)(=O)c1cccc(Nc2ncc3nnn(-c4ccc(N5CCN(Cc6ccccc6)CC5)cc4)c3n2)c1.CCN(CC)CCNC(=O)c1ccc(-n2nnc3cnc(Nc4ccc(N5CCN(Cc6ccccc6)CC5)cc4)nc32)cc1.CN(C1CCCCC1)S(=O)(=O)c1ccccc1Nc1ncc2nnn(-c3ccc(N4CCN(Cc5ccccc5)CC4)cc3)c2n1. The van der Waals surface area contributed by atoms with Crippen LogP contribution in [-0.4, -0.2) is 246 Å². The van der Waals surface area contributed by atoms with E-state index in [1.165, 1.54) is 38.1 Å². The number of carbonyl (C=O) groups excluding carboxylic acids is 1. The summed E-state index contributed by atoms with van der Waals surface area (Å²) in [4.78, 5) is 57.3. The summed E-state index contributed by atoms with van der Waals surface area (Å²) < 4.78 is 61.9. The Balaban J connectivity index is 0.000000140. The molecule has 0 spiro atoms. The van der Waals surface area contributed by atoms with Crippen molar-refractivity contribution in [3.8, 4) is 17.1 Å². The van der Waals surface area contributed by atoms with Gasteiger partial charge in [0.25, 0.3) is 5.91 Å². The number of unbranched alkanes of at least 4 members (excludes halogenated alkanes) is 1. The number of fused-ring (bicyclic) bond motifs is 3. The number of piperazine rings is 3. The van der Waals surface area contributed by atoms with Crippen LogP contribution >= 0.6 is 0 Å². The molecule has 33 nitrogen and oxygen atoms in total. The van der Waals surface area contributed by atoms with Crippen molar-refractivity contribution in [2.45, 2.75) is 101 Å². The summed E-state index contributed by atoms with van der Waals surface area (Å²) in [6.07, 6.45) is 11.6. The number of benzene rings is 9. The van der Waals surface area contributed by atoms with Crippen molar-refractivity contribution < 1.29 is 21.6 Å². The molecular weight excluding hydrogens is 1730 g/mol. The quantitative estimate of drug-likeness (QED) is 0.0245. The minimum atomic E-state index is -3.72. The topological polar surface area (TPSA) is 341 Å². The van der Waals surface area contributed by atoms with Crippen LogP contribution in [0.25, 0.3) is 50.6 Å². The highest BCUT2D eigenvalue weighted by Gasteiger charge is 2.32. The Bertz CT molecular complexity index is 6590. The summed E-state index contributed by atoms with van der Waals surface area (Å²) in [7, 11) is -5.64. The fourth-order valence-electron chi connectivity index (χ4n) is 17.2. The smallest absolute Gasteiger partial charge is 0.251 e. The molecule has 5 N–H and O–H groups in total. The number of nitrogens with zero attached hydrogens (tertiary/aromatic N) is 23. The Hall–Kier alpha value is -13.7. The van der Waals surface area contributed by atoms with Gasteiger partial charge in [-0.25, -0.2) is 36.5 Å². The Morgan fingerprint density at radius 3 is 1.26 bits per heavy atom. The van der Waals surface area contributed by atoms with E-state index in [0.29, 0.717) is 75.4 Å². The maximum atomic E-state index is 13.7. The number of likely N-dealkylation sites (N-methyl/N-ethyl adjacent to an activating group) is 1. The van der Waals surface area contributed by atoms with Gasteiger partial charge in [0, 0.05) is 165 Å². The first kappa shape index (κ1) is 92.2. The summed E-state index contributed by atoms with van der Waals surface area (Å²) >= 11 is 0. The second kappa shape index (κ2) is 43.8. The fraction of sp³-hybridized carbons (Fsp3) is 0.323. The first-order valence-corrected chi connectivity index (χ1v) is 49.1. The number of hydrogen-bond donors (Lipinski definition) is 5. The lowest BCUT2D eigenvalue weighted by Gasteiger charge is -2.36. The van der Waals surface area contributed by atoms with Gasteiger partial charge in [0.05, 0.1) is 46.2 Å². The molecule has 0 atom stereocenters. The molecule has 3 saturated heterocycles. The molecule has 4 fully saturated rings. The fourth-order valence-corrected chi connectivity index (χ4v) is 19.9. The number of carbonyl (C=O) groups is 1. The molecule has 3 aliphatic heterocycles. The maximum absolute atomic E-state index is 13.7. The predicted molar refractivity (Wildman–Crippen MR) is 526 cm³/mol. The van der Waals surface area contributed by atoms with E-state index >= 15 is 0 Å². The molecule has 1 amide bonds. The summed E-state index contributed by atoms with van der Waals surface area (Å²) in [6, 6.07) is 77.6. The van der Waals surface area contributed by atoms with Crippen molar-refractivity contribution in [1.82, 2.24) is 109 Å². The highest BCUT2D eigenvalue weighted by Crippen LogP contribution is 2.34. The standard InChI is InChI=1S/C34H40N10O.C34H39N9O2S.C31H35N9O2S/c1-3-41(4-2)19-18-35-33(45)27-10-14-30(15-11-27)44-32-31(39-40-44)24-36-34(38-32)37-28-12-16-29(17-13-28)43-22-20-42(21-23-43)25-26-8-6-5-7-9-26;1-40(27-12-6-3-7-13-27)46(44,45)32-15-9-8-14-30(32)36-34-35-24-31-33(37-34)43(39-38-31)29-18-16-28(17-19-29)42-22-20-41(21-23-42)25-26-10-4-2-5-11-26;1-2-3-16-33-43(41,42)28-11-7-10-25(21-28)34-31-32-22-29-30(35-31)40(37-36-29)27-14-12-26(13-15-27)39-19-17-38(18-20-39)23-24-8-5-4-6-9-24/h5-17,24H,3-4,18-23,25H2,1-2H3,(H,35,45)(H,36,37,38);2,4-5,8-11,14-19,24,27H,3,6-7,12-13,20-23,25H2,1H3,(H,35,36,37);4-15,21-22,33H,2-3,16-20,23H2,1H3,(H,32,34,35). The van der Waals surface area contributed by atoms with Crippen molar-refractivity contribution in [3.63, 3.8) is 0 Å². The van der Waals surface area contributed by atoms with Crippen molar-refractivity contribution in [2.75, 3.05) is 149 Å². The van der Waals surface area contributed by atoms with Gasteiger partial charge < -0.3 is 40.9 Å². The molecule has 9 heterocycles. The van der Waals surface area contributed by atoms with E-state index in [0.717, 1.165) is 186 Å². The molecule has 19 rings (SSSR count). The van der Waals surface area contributed by atoms with E-state index in [9.17, 15) is 21.6 Å². The second-order valence-electron chi connectivity index (χ2n) is 33.8. The van der Waals surface area contributed by atoms with E-state index in [1.54, 1.807) is 100 Å². The van der Waals surface area contributed by atoms with Crippen LogP contribution in [0.15, 0.2) is 265 Å².